The standard InChI is InChI=1S/C25H25FN4O3S/c1-14(23(32)27-13-22(31)28-17-7-8-17)24-29-20-11-18(19(26)12-21(20)34-24)15-3-5-16(6-4-15)25(33)30-9-2-10-30/h3-6,11-12,14,17H,2,7-10,13H2,1H3,(H,27,32)(H,28,31). The zero-order valence-corrected chi connectivity index (χ0v) is 19.6. The minimum atomic E-state index is -0.565. The van der Waals surface area contributed by atoms with Crippen molar-refractivity contribution in [2.75, 3.05) is 19.6 Å². The van der Waals surface area contributed by atoms with Crippen LogP contribution in [0.15, 0.2) is 36.4 Å². The van der Waals surface area contributed by atoms with Crippen molar-refractivity contribution < 1.29 is 18.8 Å². The number of thiazole rings is 1. The number of fused-ring (bicyclic) bond motifs is 1. The number of nitrogens with zero attached hydrogens (tertiary/aromatic N) is 2. The fraction of sp³-hybridized carbons (Fsp3) is 0.360. The summed E-state index contributed by atoms with van der Waals surface area (Å²) in [5.41, 5.74) is 2.23. The second-order valence-electron chi connectivity index (χ2n) is 8.86. The summed E-state index contributed by atoms with van der Waals surface area (Å²) in [6.45, 7) is 3.21. The van der Waals surface area contributed by atoms with E-state index in [-0.39, 0.29) is 30.3 Å². The van der Waals surface area contributed by atoms with Crippen molar-refractivity contribution in [2.45, 2.75) is 38.1 Å². The fourth-order valence-electron chi connectivity index (χ4n) is 3.81. The summed E-state index contributed by atoms with van der Waals surface area (Å²) in [6.07, 6.45) is 3.00. The number of hydrogen-bond acceptors (Lipinski definition) is 5. The summed E-state index contributed by atoms with van der Waals surface area (Å²) in [5.74, 6) is -1.46. The number of rotatable bonds is 7. The van der Waals surface area contributed by atoms with Crippen LogP contribution in [0.25, 0.3) is 21.3 Å². The molecule has 1 atom stereocenters. The maximum Gasteiger partial charge on any atom is 0.253 e. The first-order valence-corrected chi connectivity index (χ1v) is 12.3. The van der Waals surface area contributed by atoms with Crippen molar-refractivity contribution in [3.63, 3.8) is 0 Å². The molecule has 1 aliphatic heterocycles. The quantitative estimate of drug-likeness (QED) is 0.542. The van der Waals surface area contributed by atoms with Crippen LogP contribution in [0.2, 0.25) is 0 Å². The Morgan fingerprint density at radius 3 is 2.56 bits per heavy atom. The van der Waals surface area contributed by atoms with Gasteiger partial charge in [-0.2, -0.15) is 0 Å². The van der Waals surface area contributed by atoms with E-state index in [1.54, 1.807) is 42.2 Å². The molecule has 1 aliphatic carbocycles. The van der Waals surface area contributed by atoms with Gasteiger partial charge in [0.05, 0.1) is 22.7 Å². The largest absolute Gasteiger partial charge is 0.352 e. The number of carbonyl (C=O) groups excluding carboxylic acids is 3. The van der Waals surface area contributed by atoms with Gasteiger partial charge in [0.2, 0.25) is 11.8 Å². The minimum absolute atomic E-state index is 0.00449. The molecule has 2 heterocycles. The third kappa shape index (κ3) is 4.65. The van der Waals surface area contributed by atoms with Gasteiger partial charge >= 0.3 is 0 Å². The highest BCUT2D eigenvalue weighted by molar-refractivity contribution is 7.18. The molecular formula is C25H25FN4O3S. The third-order valence-electron chi connectivity index (χ3n) is 6.21. The van der Waals surface area contributed by atoms with Crippen LogP contribution in [0.5, 0.6) is 0 Å². The van der Waals surface area contributed by atoms with Gasteiger partial charge in [-0.25, -0.2) is 9.37 Å². The van der Waals surface area contributed by atoms with Crippen LogP contribution in [-0.2, 0) is 9.59 Å². The Morgan fingerprint density at radius 1 is 1.18 bits per heavy atom. The number of halogens is 1. The molecule has 1 aromatic heterocycles. The monoisotopic (exact) mass is 480 g/mol. The molecule has 2 fully saturated rings. The van der Waals surface area contributed by atoms with E-state index in [0.717, 1.165) is 32.4 Å². The molecule has 176 valence electrons. The SMILES string of the molecule is CC(C(=O)NCC(=O)NC1CC1)c1nc2cc(-c3ccc(C(=O)N4CCC4)cc3)c(F)cc2s1. The number of nitrogens with one attached hydrogen (secondary N) is 2. The summed E-state index contributed by atoms with van der Waals surface area (Å²) in [5, 5.41) is 6.03. The van der Waals surface area contributed by atoms with Crippen molar-refractivity contribution in [1.29, 1.82) is 0 Å². The van der Waals surface area contributed by atoms with Crippen molar-refractivity contribution >= 4 is 39.3 Å². The predicted octanol–water partition coefficient (Wildman–Crippen LogP) is 3.45. The lowest BCUT2D eigenvalue weighted by Gasteiger charge is -2.30. The molecule has 3 amide bonds. The molecule has 0 spiro atoms. The van der Waals surface area contributed by atoms with Crippen LogP contribution in [-0.4, -0.2) is 53.3 Å². The van der Waals surface area contributed by atoms with Gasteiger partial charge in [-0.15, -0.1) is 11.3 Å². The first-order chi connectivity index (χ1) is 16.4. The number of likely N-dealkylation sites (tertiary alicyclic amines) is 1. The lowest BCUT2D eigenvalue weighted by molar-refractivity contribution is -0.126. The summed E-state index contributed by atoms with van der Waals surface area (Å²) in [4.78, 5) is 43.0. The molecule has 2 aliphatic rings. The lowest BCUT2D eigenvalue weighted by atomic mass is 10.0. The van der Waals surface area contributed by atoms with E-state index < -0.39 is 11.7 Å². The Hall–Kier alpha value is -3.33. The van der Waals surface area contributed by atoms with Gasteiger partial charge in [0.1, 0.15) is 10.8 Å². The van der Waals surface area contributed by atoms with E-state index in [0.29, 0.717) is 31.9 Å². The molecule has 1 saturated carbocycles. The van der Waals surface area contributed by atoms with Crippen LogP contribution in [0.3, 0.4) is 0 Å². The zero-order chi connectivity index (χ0) is 23.8. The summed E-state index contributed by atoms with van der Waals surface area (Å²) in [6, 6.07) is 10.3. The highest BCUT2D eigenvalue weighted by atomic mass is 32.1. The van der Waals surface area contributed by atoms with Gasteiger partial charge in [-0.05, 0) is 56.0 Å². The molecule has 0 radical (unpaired) electrons. The van der Waals surface area contributed by atoms with E-state index in [4.69, 9.17) is 0 Å². The zero-order valence-electron chi connectivity index (χ0n) is 18.8. The Balaban J connectivity index is 1.30. The number of hydrogen-bond donors (Lipinski definition) is 2. The van der Waals surface area contributed by atoms with E-state index in [1.807, 2.05) is 0 Å². The molecule has 1 saturated heterocycles. The smallest absolute Gasteiger partial charge is 0.253 e. The Bertz CT molecular complexity index is 1270. The van der Waals surface area contributed by atoms with Crippen LogP contribution in [0, 0.1) is 5.82 Å². The van der Waals surface area contributed by atoms with Crippen molar-refractivity contribution in [3.05, 3.63) is 52.8 Å². The topological polar surface area (TPSA) is 91.4 Å². The molecule has 3 aromatic rings. The van der Waals surface area contributed by atoms with E-state index >= 15 is 0 Å². The molecule has 9 heteroatoms. The highest BCUT2D eigenvalue weighted by Crippen LogP contribution is 2.33. The molecule has 1 unspecified atom stereocenters. The summed E-state index contributed by atoms with van der Waals surface area (Å²) in [7, 11) is 0. The van der Waals surface area contributed by atoms with Crippen LogP contribution < -0.4 is 10.6 Å². The molecule has 34 heavy (non-hydrogen) atoms. The normalized spacial score (nSPS) is 16.1. The van der Waals surface area contributed by atoms with E-state index in [2.05, 4.69) is 15.6 Å². The molecule has 2 N–H and O–H groups in total. The second kappa shape index (κ2) is 9.13. The molecular weight excluding hydrogens is 455 g/mol. The highest BCUT2D eigenvalue weighted by Gasteiger charge is 2.25. The van der Waals surface area contributed by atoms with Gasteiger partial charge < -0.3 is 15.5 Å². The summed E-state index contributed by atoms with van der Waals surface area (Å²) < 4.78 is 15.6. The van der Waals surface area contributed by atoms with Crippen molar-refractivity contribution in [1.82, 2.24) is 20.5 Å². The van der Waals surface area contributed by atoms with Gasteiger partial charge in [0.25, 0.3) is 5.91 Å². The third-order valence-corrected chi connectivity index (χ3v) is 7.41. The number of aromatic nitrogens is 1. The molecule has 0 bridgehead atoms. The molecule has 7 nitrogen and oxygen atoms in total. The van der Waals surface area contributed by atoms with Crippen LogP contribution >= 0.6 is 11.3 Å². The molecule has 2 aromatic carbocycles. The molecule has 5 rings (SSSR count). The minimum Gasteiger partial charge on any atom is -0.352 e. The Kier molecular flexibility index (Phi) is 6.03. The number of amides is 3. The predicted molar refractivity (Wildman–Crippen MR) is 128 cm³/mol. The average Bonchev–Trinajstić information content (AvgIpc) is 3.51. The van der Waals surface area contributed by atoms with Gasteiger partial charge in [0, 0.05) is 30.3 Å². The summed E-state index contributed by atoms with van der Waals surface area (Å²) >= 11 is 1.26. The van der Waals surface area contributed by atoms with Crippen LogP contribution in [0.1, 0.15) is 47.5 Å². The number of carbonyl (C=O) groups is 3. The maximum absolute atomic E-state index is 14.9. The lowest BCUT2D eigenvalue weighted by Crippen LogP contribution is -2.41. The van der Waals surface area contributed by atoms with Gasteiger partial charge in [-0.1, -0.05) is 12.1 Å². The van der Waals surface area contributed by atoms with E-state index in [1.165, 1.54) is 17.4 Å². The maximum atomic E-state index is 14.9. The average molecular weight is 481 g/mol. The van der Waals surface area contributed by atoms with Crippen molar-refractivity contribution in [3.8, 4) is 11.1 Å². The van der Waals surface area contributed by atoms with E-state index in [9.17, 15) is 18.8 Å². The van der Waals surface area contributed by atoms with Crippen molar-refractivity contribution in [2.24, 2.45) is 0 Å². The first kappa shape index (κ1) is 22.5. The van der Waals surface area contributed by atoms with Gasteiger partial charge in [-0.3, -0.25) is 14.4 Å². The fourth-order valence-corrected chi connectivity index (χ4v) is 4.83. The van der Waals surface area contributed by atoms with Gasteiger partial charge in [0.15, 0.2) is 0 Å². The first-order valence-electron chi connectivity index (χ1n) is 11.5. The Morgan fingerprint density at radius 2 is 1.91 bits per heavy atom. The van der Waals surface area contributed by atoms with Crippen LogP contribution in [0.4, 0.5) is 4.39 Å². The number of benzene rings is 2. The Labute approximate surface area is 200 Å². The second-order valence-corrected chi connectivity index (χ2v) is 9.92.